The smallest absolute Gasteiger partial charge is 0.248 e. The van der Waals surface area contributed by atoms with Crippen LogP contribution in [-0.4, -0.2) is 18.9 Å². The lowest BCUT2D eigenvalue weighted by molar-refractivity contribution is 0.0991. The van der Waals surface area contributed by atoms with E-state index in [-0.39, 0.29) is 0 Å². The van der Waals surface area contributed by atoms with Crippen molar-refractivity contribution >= 4 is 11.8 Å². The fraction of sp³-hybridized carbons (Fsp3) is 0.0667. The van der Waals surface area contributed by atoms with Crippen molar-refractivity contribution in [1.29, 1.82) is 0 Å². The van der Waals surface area contributed by atoms with Crippen molar-refractivity contribution in [3.05, 3.63) is 53.6 Å². The number of hydrogen-bond acceptors (Lipinski definition) is 3. The van der Waals surface area contributed by atoms with Gasteiger partial charge in [-0.25, -0.2) is 0 Å². The minimum absolute atomic E-state index is 0.374. The average Bonchev–Trinajstić information content (AvgIpc) is 2.46. The summed E-state index contributed by atoms with van der Waals surface area (Å²) in [6.45, 7) is 0. The highest BCUT2D eigenvalue weighted by molar-refractivity contribution is 5.95. The van der Waals surface area contributed by atoms with Crippen LogP contribution >= 0.6 is 0 Å². The molecule has 0 heterocycles. The summed E-state index contributed by atoms with van der Waals surface area (Å²) in [5.41, 5.74) is 12.9. The molecule has 0 bridgehead atoms. The van der Waals surface area contributed by atoms with Crippen molar-refractivity contribution in [2.45, 2.75) is 0 Å². The first-order chi connectivity index (χ1) is 9.52. The van der Waals surface area contributed by atoms with Crippen LogP contribution in [0.4, 0.5) is 0 Å². The number of primary amides is 2. The lowest BCUT2D eigenvalue weighted by atomic mass is 10.0. The zero-order chi connectivity index (χ0) is 14.7. The molecule has 2 rings (SSSR count). The summed E-state index contributed by atoms with van der Waals surface area (Å²) in [7, 11) is 1.52. The standard InChI is InChI=1S/C15H14N2O3/c1-20-13-8-11(15(17)19)6-7-12(13)9-2-4-10(5-3-9)14(16)18/h2-8H,1H3,(H2,16,18)(H2,17,19). The minimum atomic E-state index is -0.515. The van der Waals surface area contributed by atoms with Crippen LogP contribution in [0.25, 0.3) is 11.1 Å². The van der Waals surface area contributed by atoms with Crippen LogP contribution in [0.3, 0.4) is 0 Å². The zero-order valence-electron chi connectivity index (χ0n) is 10.9. The van der Waals surface area contributed by atoms with Crippen molar-refractivity contribution in [3.63, 3.8) is 0 Å². The van der Waals surface area contributed by atoms with Gasteiger partial charge >= 0.3 is 0 Å². The molecule has 0 aliphatic carbocycles. The van der Waals surface area contributed by atoms with E-state index in [9.17, 15) is 9.59 Å². The SMILES string of the molecule is COc1cc(C(N)=O)ccc1-c1ccc(C(N)=O)cc1. The van der Waals surface area contributed by atoms with Gasteiger partial charge < -0.3 is 16.2 Å². The van der Waals surface area contributed by atoms with E-state index in [1.54, 1.807) is 42.5 Å². The highest BCUT2D eigenvalue weighted by atomic mass is 16.5. The lowest BCUT2D eigenvalue weighted by Crippen LogP contribution is -2.11. The second kappa shape index (κ2) is 5.44. The summed E-state index contributed by atoms with van der Waals surface area (Å²) in [5.74, 6) is -0.459. The number of ether oxygens (including phenoxy) is 1. The van der Waals surface area contributed by atoms with Crippen LogP contribution in [0.15, 0.2) is 42.5 Å². The van der Waals surface area contributed by atoms with Gasteiger partial charge in [-0.3, -0.25) is 9.59 Å². The molecule has 2 aromatic carbocycles. The van der Waals surface area contributed by atoms with Crippen molar-refractivity contribution in [2.24, 2.45) is 11.5 Å². The molecule has 0 unspecified atom stereocenters. The number of methoxy groups -OCH3 is 1. The van der Waals surface area contributed by atoms with Gasteiger partial charge in [-0.1, -0.05) is 12.1 Å². The summed E-state index contributed by atoms with van der Waals surface area (Å²) in [6.07, 6.45) is 0. The van der Waals surface area contributed by atoms with E-state index in [0.717, 1.165) is 11.1 Å². The maximum absolute atomic E-state index is 11.2. The Kier molecular flexibility index (Phi) is 3.70. The van der Waals surface area contributed by atoms with Gasteiger partial charge in [-0.15, -0.1) is 0 Å². The van der Waals surface area contributed by atoms with E-state index in [1.165, 1.54) is 7.11 Å². The molecule has 0 aliphatic rings. The van der Waals surface area contributed by atoms with Gasteiger partial charge in [0.1, 0.15) is 5.75 Å². The maximum atomic E-state index is 11.2. The Balaban J connectivity index is 2.46. The molecule has 0 atom stereocenters. The van der Waals surface area contributed by atoms with Crippen LogP contribution in [0.1, 0.15) is 20.7 Å². The number of benzene rings is 2. The quantitative estimate of drug-likeness (QED) is 0.882. The number of rotatable bonds is 4. The van der Waals surface area contributed by atoms with E-state index in [0.29, 0.717) is 16.9 Å². The summed E-state index contributed by atoms with van der Waals surface area (Å²) in [6, 6.07) is 11.8. The summed E-state index contributed by atoms with van der Waals surface area (Å²) in [5, 5.41) is 0. The largest absolute Gasteiger partial charge is 0.496 e. The van der Waals surface area contributed by atoms with Crippen molar-refractivity contribution < 1.29 is 14.3 Å². The number of carbonyl (C=O) groups is 2. The second-order valence-electron chi connectivity index (χ2n) is 4.22. The molecule has 0 spiro atoms. The minimum Gasteiger partial charge on any atom is -0.496 e. The van der Waals surface area contributed by atoms with Gasteiger partial charge in [0, 0.05) is 16.7 Å². The molecule has 5 heteroatoms. The molecule has 4 N–H and O–H groups in total. The molecule has 0 aliphatic heterocycles. The third-order valence-corrected chi connectivity index (χ3v) is 2.97. The van der Waals surface area contributed by atoms with Gasteiger partial charge in [0.05, 0.1) is 7.11 Å². The molecular formula is C15H14N2O3. The number of hydrogen-bond donors (Lipinski definition) is 2. The molecule has 0 radical (unpaired) electrons. The molecule has 102 valence electrons. The van der Waals surface area contributed by atoms with Crippen LogP contribution in [0, 0.1) is 0 Å². The average molecular weight is 270 g/mol. The van der Waals surface area contributed by atoms with Crippen molar-refractivity contribution in [1.82, 2.24) is 0 Å². The predicted molar refractivity (Wildman–Crippen MR) is 75.5 cm³/mol. The Morgan fingerprint density at radius 3 is 1.95 bits per heavy atom. The monoisotopic (exact) mass is 270 g/mol. The molecule has 0 fully saturated rings. The number of nitrogens with two attached hydrogens (primary N) is 2. The van der Waals surface area contributed by atoms with Gasteiger partial charge in [-0.05, 0) is 35.9 Å². The van der Waals surface area contributed by atoms with E-state index in [1.807, 2.05) is 0 Å². The van der Waals surface area contributed by atoms with E-state index >= 15 is 0 Å². The highest BCUT2D eigenvalue weighted by Gasteiger charge is 2.10. The number of amides is 2. The van der Waals surface area contributed by atoms with Crippen LogP contribution in [-0.2, 0) is 0 Å². The van der Waals surface area contributed by atoms with Gasteiger partial charge in [0.15, 0.2) is 0 Å². The first-order valence-corrected chi connectivity index (χ1v) is 5.91. The Bertz CT molecular complexity index is 663. The van der Waals surface area contributed by atoms with Crippen LogP contribution < -0.4 is 16.2 Å². The molecule has 5 nitrogen and oxygen atoms in total. The van der Waals surface area contributed by atoms with E-state index in [4.69, 9.17) is 16.2 Å². The van der Waals surface area contributed by atoms with Crippen LogP contribution in [0.5, 0.6) is 5.75 Å². The molecule has 0 aromatic heterocycles. The molecule has 0 saturated carbocycles. The van der Waals surface area contributed by atoms with Crippen LogP contribution in [0.2, 0.25) is 0 Å². The molecule has 0 saturated heterocycles. The summed E-state index contributed by atoms with van der Waals surface area (Å²) < 4.78 is 5.27. The Labute approximate surface area is 116 Å². The Morgan fingerprint density at radius 1 is 0.900 bits per heavy atom. The van der Waals surface area contributed by atoms with E-state index < -0.39 is 11.8 Å². The normalized spacial score (nSPS) is 10.1. The van der Waals surface area contributed by atoms with E-state index in [2.05, 4.69) is 0 Å². The topological polar surface area (TPSA) is 95.4 Å². The maximum Gasteiger partial charge on any atom is 0.248 e. The second-order valence-corrected chi connectivity index (χ2v) is 4.22. The first kappa shape index (κ1) is 13.6. The van der Waals surface area contributed by atoms with Crippen molar-refractivity contribution in [3.8, 4) is 16.9 Å². The molecular weight excluding hydrogens is 256 g/mol. The zero-order valence-corrected chi connectivity index (χ0v) is 10.9. The summed E-state index contributed by atoms with van der Waals surface area (Å²) in [4.78, 5) is 22.2. The first-order valence-electron chi connectivity index (χ1n) is 5.91. The van der Waals surface area contributed by atoms with Gasteiger partial charge in [0.2, 0.25) is 11.8 Å². The highest BCUT2D eigenvalue weighted by Crippen LogP contribution is 2.30. The molecule has 20 heavy (non-hydrogen) atoms. The van der Waals surface area contributed by atoms with Crippen molar-refractivity contribution in [2.75, 3.05) is 7.11 Å². The number of carbonyl (C=O) groups excluding carboxylic acids is 2. The van der Waals surface area contributed by atoms with Gasteiger partial charge in [0.25, 0.3) is 0 Å². The van der Waals surface area contributed by atoms with Gasteiger partial charge in [-0.2, -0.15) is 0 Å². The Morgan fingerprint density at radius 2 is 1.45 bits per heavy atom. The third-order valence-electron chi connectivity index (χ3n) is 2.97. The lowest BCUT2D eigenvalue weighted by Gasteiger charge is -2.10. The Hall–Kier alpha value is -2.82. The fourth-order valence-corrected chi connectivity index (χ4v) is 1.90. The fourth-order valence-electron chi connectivity index (χ4n) is 1.90. The third kappa shape index (κ3) is 2.61. The molecule has 2 amide bonds. The molecule has 2 aromatic rings. The summed E-state index contributed by atoms with van der Waals surface area (Å²) >= 11 is 0. The predicted octanol–water partition coefficient (Wildman–Crippen LogP) is 1.56.